The summed E-state index contributed by atoms with van der Waals surface area (Å²) in [7, 11) is 1.65. The van der Waals surface area contributed by atoms with Crippen LogP contribution in [0.3, 0.4) is 0 Å². The van der Waals surface area contributed by atoms with Crippen molar-refractivity contribution >= 4 is 28.6 Å². The zero-order valence-corrected chi connectivity index (χ0v) is 11.8. The number of aromatic nitrogens is 2. The Kier molecular flexibility index (Phi) is 3.24. The van der Waals surface area contributed by atoms with Crippen LogP contribution in [0.1, 0.15) is 5.56 Å². The van der Waals surface area contributed by atoms with E-state index in [2.05, 4.69) is 4.98 Å². The Morgan fingerprint density at radius 2 is 2.10 bits per heavy atom. The van der Waals surface area contributed by atoms with E-state index in [9.17, 15) is 0 Å². The first-order valence-electron chi connectivity index (χ1n) is 6.21. The van der Waals surface area contributed by atoms with Gasteiger partial charge < -0.3 is 15.0 Å². The number of halogens is 1. The molecule has 0 amide bonds. The maximum Gasteiger partial charge on any atom is 0.201 e. The Bertz CT molecular complexity index is 767. The molecular weight excluding hydrogens is 274 g/mol. The van der Waals surface area contributed by atoms with Crippen LogP contribution in [-0.4, -0.2) is 16.7 Å². The SMILES string of the molecule is COc1cccc(Cn2c(N)nc3cc(Cl)ccc32)c1. The van der Waals surface area contributed by atoms with Crippen molar-refractivity contribution in [2.24, 2.45) is 0 Å². The first kappa shape index (κ1) is 12.8. The summed E-state index contributed by atoms with van der Waals surface area (Å²) in [6, 6.07) is 13.5. The number of nitrogens with two attached hydrogens (primary N) is 1. The van der Waals surface area contributed by atoms with Crippen LogP contribution < -0.4 is 10.5 Å². The van der Waals surface area contributed by atoms with Crippen LogP contribution >= 0.6 is 11.6 Å². The van der Waals surface area contributed by atoms with E-state index < -0.39 is 0 Å². The van der Waals surface area contributed by atoms with Gasteiger partial charge in [-0.15, -0.1) is 0 Å². The lowest BCUT2D eigenvalue weighted by molar-refractivity contribution is 0.414. The van der Waals surface area contributed by atoms with Crippen LogP contribution in [0.15, 0.2) is 42.5 Å². The molecule has 0 atom stereocenters. The molecule has 0 fully saturated rings. The molecule has 0 spiro atoms. The highest BCUT2D eigenvalue weighted by molar-refractivity contribution is 6.31. The molecular formula is C15H14ClN3O. The van der Waals surface area contributed by atoms with E-state index in [0.717, 1.165) is 22.3 Å². The van der Waals surface area contributed by atoms with Gasteiger partial charge in [-0.25, -0.2) is 4.98 Å². The molecule has 1 aromatic heterocycles. The van der Waals surface area contributed by atoms with Gasteiger partial charge >= 0.3 is 0 Å². The molecule has 0 bridgehead atoms. The molecule has 0 aliphatic heterocycles. The topological polar surface area (TPSA) is 53.1 Å². The number of rotatable bonds is 3. The van der Waals surface area contributed by atoms with E-state index in [-0.39, 0.29) is 0 Å². The Hall–Kier alpha value is -2.20. The molecule has 102 valence electrons. The summed E-state index contributed by atoms with van der Waals surface area (Å²) in [5, 5.41) is 0.656. The van der Waals surface area contributed by atoms with Crippen molar-refractivity contribution in [2.75, 3.05) is 12.8 Å². The summed E-state index contributed by atoms with van der Waals surface area (Å²) < 4.78 is 7.19. The summed E-state index contributed by atoms with van der Waals surface area (Å²) in [5.74, 6) is 1.30. The average molecular weight is 288 g/mol. The second-order valence-electron chi connectivity index (χ2n) is 4.54. The zero-order chi connectivity index (χ0) is 14.1. The van der Waals surface area contributed by atoms with Crippen molar-refractivity contribution in [3.8, 4) is 5.75 Å². The Morgan fingerprint density at radius 3 is 2.90 bits per heavy atom. The summed E-state index contributed by atoms with van der Waals surface area (Å²) in [5.41, 5.74) is 8.87. The maximum atomic E-state index is 6.00. The number of nitrogen functional groups attached to an aromatic ring is 1. The second kappa shape index (κ2) is 5.06. The van der Waals surface area contributed by atoms with Gasteiger partial charge in [-0.2, -0.15) is 0 Å². The monoisotopic (exact) mass is 287 g/mol. The second-order valence-corrected chi connectivity index (χ2v) is 4.98. The highest BCUT2D eigenvalue weighted by Gasteiger charge is 2.09. The number of imidazole rings is 1. The molecule has 5 heteroatoms. The van der Waals surface area contributed by atoms with E-state index in [1.165, 1.54) is 0 Å². The number of anilines is 1. The number of hydrogen-bond acceptors (Lipinski definition) is 3. The van der Waals surface area contributed by atoms with Gasteiger partial charge in [0.15, 0.2) is 0 Å². The molecule has 3 aromatic rings. The van der Waals surface area contributed by atoms with Gasteiger partial charge in [-0.3, -0.25) is 0 Å². The van der Waals surface area contributed by atoms with Crippen LogP contribution in [-0.2, 0) is 6.54 Å². The molecule has 2 N–H and O–H groups in total. The maximum absolute atomic E-state index is 6.00. The van der Waals surface area contributed by atoms with E-state index in [1.54, 1.807) is 7.11 Å². The van der Waals surface area contributed by atoms with Crippen LogP contribution in [0.4, 0.5) is 5.95 Å². The number of fused-ring (bicyclic) bond motifs is 1. The third-order valence-electron chi connectivity index (χ3n) is 3.21. The van der Waals surface area contributed by atoms with E-state index >= 15 is 0 Å². The summed E-state index contributed by atoms with van der Waals surface area (Å²) in [6.07, 6.45) is 0. The van der Waals surface area contributed by atoms with Crippen molar-refractivity contribution < 1.29 is 4.74 Å². The molecule has 0 aliphatic carbocycles. The Balaban J connectivity index is 2.03. The van der Waals surface area contributed by atoms with Gasteiger partial charge in [-0.05, 0) is 35.9 Å². The number of nitrogens with zero attached hydrogens (tertiary/aromatic N) is 2. The van der Waals surface area contributed by atoms with Crippen LogP contribution in [0.2, 0.25) is 5.02 Å². The standard InChI is InChI=1S/C15H14ClN3O/c1-20-12-4-2-3-10(7-12)9-19-14-6-5-11(16)8-13(14)18-15(19)17/h2-8H,9H2,1H3,(H2,17,18). The van der Waals surface area contributed by atoms with Gasteiger partial charge in [0, 0.05) is 5.02 Å². The van der Waals surface area contributed by atoms with E-state index in [4.69, 9.17) is 22.1 Å². The van der Waals surface area contributed by atoms with Gasteiger partial charge in [0.1, 0.15) is 5.75 Å². The van der Waals surface area contributed by atoms with Gasteiger partial charge in [0.2, 0.25) is 5.95 Å². The van der Waals surface area contributed by atoms with Crippen molar-refractivity contribution in [1.82, 2.24) is 9.55 Å². The highest BCUT2D eigenvalue weighted by atomic mass is 35.5. The quantitative estimate of drug-likeness (QED) is 0.804. The minimum Gasteiger partial charge on any atom is -0.497 e. The lowest BCUT2D eigenvalue weighted by Gasteiger charge is -2.08. The third-order valence-corrected chi connectivity index (χ3v) is 3.45. The Morgan fingerprint density at radius 1 is 1.25 bits per heavy atom. The van der Waals surface area contributed by atoms with Crippen LogP contribution in [0, 0.1) is 0 Å². The van der Waals surface area contributed by atoms with Gasteiger partial charge in [0.05, 0.1) is 24.7 Å². The normalized spacial score (nSPS) is 10.9. The fraction of sp³-hybridized carbons (Fsp3) is 0.133. The highest BCUT2D eigenvalue weighted by Crippen LogP contribution is 2.23. The van der Waals surface area contributed by atoms with E-state index in [0.29, 0.717) is 17.5 Å². The predicted octanol–water partition coefficient (Wildman–Crippen LogP) is 3.33. The van der Waals surface area contributed by atoms with Gasteiger partial charge in [-0.1, -0.05) is 23.7 Å². The molecule has 2 aromatic carbocycles. The predicted molar refractivity (Wildman–Crippen MR) is 81.3 cm³/mol. The van der Waals surface area contributed by atoms with E-state index in [1.807, 2.05) is 47.0 Å². The summed E-state index contributed by atoms with van der Waals surface area (Å²) in [4.78, 5) is 4.34. The third kappa shape index (κ3) is 2.30. The first-order valence-corrected chi connectivity index (χ1v) is 6.59. The minimum absolute atomic E-state index is 0.477. The number of methoxy groups -OCH3 is 1. The van der Waals surface area contributed by atoms with Crippen LogP contribution in [0.25, 0.3) is 11.0 Å². The molecule has 0 aliphatic rings. The fourth-order valence-electron chi connectivity index (χ4n) is 2.24. The van der Waals surface area contributed by atoms with Crippen molar-refractivity contribution in [3.05, 3.63) is 53.1 Å². The lowest BCUT2D eigenvalue weighted by atomic mass is 10.2. The fourth-order valence-corrected chi connectivity index (χ4v) is 2.41. The number of benzene rings is 2. The smallest absolute Gasteiger partial charge is 0.201 e. The summed E-state index contributed by atoms with van der Waals surface area (Å²) in [6.45, 7) is 0.640. The average Bonchev–Trinajstić information content (AvgIpc) is 2.74. The lowest BCUT2D eigenvalue weighted by Crippen LogP contribution is -2.04. The largest absolute Gasteiger partial charge is 0.497 e. The van der Waals surface area contributed by atoms with Crippen LogP contribution in [0.5, 0.6) is 5.75 Å². The summed E-state index contributed by atoms with van der Waals surface area (Å²) >= 11 is 5.97. The van der Waals surface area contributed by atoms with Crippen molar-refractivity contribution in [2.45, 2.75) is 6.54 Å². The molecule has 4 nitrogen and oxygen atoms in total. The molecule has 0 unspecified atom stereocenters. The molecule has 1 heterocycles. The zero-order valence-electron chi connectivity index (χ0n) is 11.0. The number of hydrogen-bond donors (Lipinski definition) is 1. The molecule has 0 saturated carbocycles. The Labute approximate surface area is 121 Å². The van der Waals surface area contributed by atoms with Crippen molar-refractivity contribution in [1.29, 1.82) is 0 Å². The molecule has 3 rings (SSSR count). The molecule has 0 saturated heterocycles. The van der Waals surface area contributed by atoms with Crippen molar-refractivity contribution in [3.63, 3.8) is 0 Å². The minimum atomic E-state index is 0.477. The van der Waals surface area contributed by atoms with Gasteiger partial charge in [0.25, 0.3) is 0 Å². The molecule has 20 heavy (non-hydrogen) atoms. The molecule has 0 radical (unpaired) electrons. The number of ether oxygens (including phenoxy) is 1. The first-order chi connectivity index (χ1) is 9.67.